The number of hydrogen-bond donors (Lipinski definition) is 0. The maximum Gasteiger partial charge on any atom is 0.203 e. The highest BCUT2D eigenvalue weighted by Crippen LogP contribution is 2.26. The zero-order chi connectivity index (χ0) is 15.9. The number of allylic oxidation sites excluding steroid dienone is 1. The van der Waals surface area contributed by atoms with E-state index in [0.29, 0.717) is 28.5 Å². The molecule has 4 heteroatoms. The first-order valence-corrected chi connectivity index (χ1v) is 7.17. The minimum Gasteiger partial charge on any atom is -0.492 e. The zero-order valence-electron chi connectivity index (χ0n) is 12.0. The Bertz CT molecular complexity index is 745. The SMILES string of the molecule is CCOc1ccc(/C=C(\C#N)C(=O)c2ccccc2)cc1Cl. The summed E-state index contributed by atoms with van der Waals surface area (Å²) in [4.78, 5) is 12.3. The van der Waals surface area contributed by atoms with Crippen LogP contribution in [0.1, 0.15) is 22.8 Å². The molecular weight excluding hydrogens is 298 g/mol. The monoisotopic (exact) mass is 311 g/mol. The van der Waals surface area contributed by atoms with Crippen LogP contribution in [0.2, 0.25) is 5.02 Å². The van der Waals surface area contributed by atoms with Gasteiger partial charge in [-0.05, 0) is 30.7 Å². The summed E-state index contributed by atoms with van der Waals surface area (Å²) in [5.41, 5.74) is 1.22. The third-order valence-corrected chi connectivity index (χ3v) is 3.26. The number of hydrogen-bond acceptors (Lipinski definition) is 3. The molecule has 0 unspecified atom stereocenters. The van der Waals surface area contributed by atoms with Crippen molar-refractivity contribution >= 4 is 23.5 Å². The van der Waals surface area contributed by atoms with E-state index in [-0.39, 0.29) is 11.4 Å². The molecule has 0 radical (unpaired) electrons. The number of nitrogens with zero attached hydrogens (tertiary/aromatic N) is 1. The van der Waals surface area contributed by atoms with Crippen molar-refractivity contribution in [3.05, 3.63) is 70.3 Å². The van der Waals surface area contributed by atoms with Gasteiger partial charge in [0.15, 0.2) is 0 Å². The Morgan fingerprint density at radius 3 is 2.59 bits per heavy atom. The first-order valence-electron chi connectivity index (χ1n) is 6.79. The molecule has 3 nitrogen and oxygen atoms in total. The lowest BCUT2D eigenvalue weighted by Gasteiger charge is -2.06. The van der Waals surface area contributed by atoms with Crippen LogP contribution in [-0.2, 0) is 0 Å². The second-order valence-electron chi connectivity index (χ2n) is 4.49. The molecule has 0 fully saturated rings. The Morgan fingerprint density at radius 1 is 1.27 bits per heavy atom. The quantitative estimate of drug-likeness (QED) is 0.463. The van der Waals surface area contributed by atoms with Gasteiger partial charge in [-0.15, -0.1) is 0 Å². The lowest BCUT2D eigenvalue weighted by atomic mass is 10.0. The minimum absolute atomic E-state index is 0.0615. The molecule has 0 aliphatic rings. The maximum absolute atomic E-state index is 12.3. The standard InChI is InChI=1S/C18H14ClNO2/c1-2-22-17-9-8-13(11-16(17)19)10-15(12-20)18(21)14-6-4-3-5-7-14/h3-11H,2H2,1H3/b15-10+. The molecule has 110 valence electrons. The number of nitriles is 1. The largest absolute Gasteiger partial charge is 0.492 e. The minimum atomic E-state index is -0.312. The fourth-order valence-corrected chi connectivity index (χ4v) is 2.18. The van der Waals surface area contributed by atoms with Crippen LogP contribution in [0.25, 0.3) is 6.08 Å². The molecule has 2 aromatic rings. The Morgan fingerprint density at radius 2 is 2.00 bits per heavy atom. The highest BCUT2D eigenvalue weighted by atomic mass is 35.5. The second kappa shape index (κ2) is 7.44. The zero-order valence-corrected chi connectivity index (χ0v) is 12.8. The second-order valence-corrected chi connectivity index (χ2v) is 4.90. The number of ketones is 1. The van der Waals surface area contributed by atoms with Gasteiger partial charge in [-0.25, -0.2) is 0 Å². The van der Waals surface area contributed by atoms with Crippen LogP contribution >= 0.6 is 11.6 Å². The van der Waals surface area contributed by atoms with Gasteiger partial charge in [-0.2, -0.15) is 5.26 Å². The highest BCUT2D eigenvalue weighted by molar-refractivity contribution is 6.32. The maximum atomic E-state index is 12.3. The molecule has 0 heterocycles. The number of ether oxygens (including phenoxy) is 1. The summed E-state index contributed by atoms with van der Waals surface area (Å²) >= 11 is 6.11. The van der Waals surface area contributed by atoms with E-state index in [4.69, 9.17) is 16.3 Å². The van der Waals surface area contributed by atoms with Gasteiger partial charge in [0.25, 0.3) is 0 Å². The summed E-state index contributed by atoms with van der Waals surface area (Å²) < 4.78 is 5.36. The smallest absolute Gasteiger partial charge is 0.203 e. The number of carbonyl (C=O) groups excluding carboxylic acids is 1. The van der Waals surface area contributed by atoms with Crippen molar-refractivity contribution in [1.29, 1.82) is 5.26 Å². The molecule has 0 aromatic heterocycles. The normalized spacial score (nSPS) is 10.9. The Balaban J connectivity index is 2.32. The van der Waals surface area contributed by atoms with E-state index in [1.807, 2.05) is 19.1 Å². The van der Waals surface area contributed by atoms with Gasteiger partial charge < -0.3 is 4.74 Å². The molecule has 0 saturated heterocycles. The predicted octanol–water partition coefficient (Wildman–Crippen LogP) is 4.53. The van der Waals surface area contributed by atoms with Crippen molar-refractivity contribution in [1.82, 2.24) is 0 Å². The molecule has 22 heavy (non-hydrogen) atoms. The van der Waals surface area contributed by atoms with Crippen molar-refractivity contribution in [2.75, 3.05) is 6.61 Å². The first kappa shape index (κ1) is 15.8. The number of carbonyl (C=O) groups is 1. The fourth-order valence-electron chi connectivity index (χ4n) is 1.94. The van der Waals surface area contributed by atoms with Crippen LogP contribution in [0.4, 0.5) is 0 Å². The van der Waals surface area contributed by atoms with Crippen LogP contribution in [0.3, 0.4) is 0 Å². The van der Waals surface area contributed by atoms with Crippen molar-refractivity contribution in [3.63, 3.8) is 0 Å². The van der Waals surface area contributed by atoms with Crippen LogP contribution in [0, 0.1) is 11.3 Å². The Kier molecular flexibility index (Phi) is 5.35. The number of Topliss-reactive ketones (excluding diaryl/α,β-unsaturated/α-hetero) is 1. The van der Waals surface area contributed by atoms with Crippen LogP contribution < -0.4 is 4.74 Å². The van der Waals surface area contributed by atoms with Crippen LogP contribution in [0.15, 0.2) is 54.1 Å². The summed E-state index contributed by atoms with van der Waals surface area (Å²) in [5, 5.41) is 9.67. The number of rotatable bonds is 5. The summed E-state index contributed by atoms with van der Waals surface area (Å²) in [7, 11) is 0. The lowest BCUT2D eigenvalue weighted by molar-refractivity contribution is 0.104. The topological polar surface area (TPSA) is 50.1 Å². The summed E-state index contributed by atoms with van der Waals surface area (Å²) in [6.45, 7) is 2.39. The fraction of sp³-hybridized carbons (Fsp3) is 0.111. The Labute approximate surface area is 134 Å². The Hall–Kier alpha value is -2.57. The average molecular weight is 312 g/mol. The van der Waals surface area contributed by atoms with E-state index in [0.717, 1.165) is 0 Å². The van der Waals surface area contributed by atoms with E-state index in [1.165, 1.54) is 6.08 Å². The molecule has 0 saturated carbocycles. The molecule has 0 spiro atoms. The van der Waals surface area contributed by atoms with Gasteiger partial charge in [0.2, 0.25) is 5.78 Å². The molecule has 2 aromatic carbocycles. The van der Waals surface area contributed by atoms with Gasteiger partial charge in [-0.1, -0.05) is 48.0 Å². The average Bonchev–Trinajstić information content (AvgIpc) is 2.55. The van der Waals surface area contributed by atoms with Crippen molar-refractivity contribution in [3.8, 4) is 11.8 Å². The molecule has 0 amide bonds. The van der Waals surface area contributed by atoms with Crippen molar-refractivity contribution in [2.24, 2.45) is 0 Å². The molecule has 0 N–H and O–H groups in total. The number of benzene rings is 2. The van der Waals surface area contributed by atoms with E-state index in [2.05, 4.69) is 0 Å². The van der Waals surface area contributed by atoms with E-state index in [9.17, 15) is 10.1 Å². The summed E-state index contributed by atoms with van der Waals surface area (Å²) in [5.74, 6) is 0.266. The van der Waals surface area contributed by atoms with Crippen molar-refractivity contribution in [2.45, 2.75) is 6.92 Å². The highest BCUT2D eigenvalue weighted by Gasteiger charge is 2.12. The summed E-state index contributed by atoms with van der Waals surface area (Å²) in [6, 6.07) is 15.8. The molecular formula is C18H14ClNO2. The summed E-state index contributed by atoms with van der Waals surface area (Å²) in [6.07, 6.45) is 1.52. The molecule has 0 aliphatic carbocycles. The molecule has 0 atom stereocenters. The first-order chi connectivity index (χ1) is 10.7. The molecule has 0 aliphatic heterocycles. The van der Waals surface area contributed by atoms with Crippen LogP contribution in [0.5, 0.6) is 5.75 Å². The van der Waals surface area contributed by atoms with E-state index >= 15 is 0 Å². The number of halogens is 1. The third-order valence-electron chi connectivity index (χ3n) is 2.97. The predicted molar refractivity (Wildman–Crippen MR) is 87.0 cm³/mol. The van der Waals surface area contributed by atoms with Gasteiger partial charge in [0.05, 0.1) is 11.6 Å². The van der Waals surface area contributed by atoms with Gasteiger partial charge in [0, 0.05) is 5.56 Å². The molecule has 2 rings (SSSR count). The van der Waals surface area contributed by atoms with Gasteiger partial charge in [0.1, 0.15) is 17.4 Å². The van der Waals surface area contributed by atoms with Gasteiger partial charge >= 0.3 is 0 Å². The van der Waals surface area contributed by atoms with Crippen molar-refractivity contribution < 1.29 is 9.53 Å². The van der Waals surface area contributed by atoms with Gasteiger partial charge in [-0.3, -0.25) is 4.79 Å². The molecule has 0 bridgehead atoms. The van der Waals surface area contributed by atoms with Crippen LogP contribution in [-0.4, -0.2) is 12.4 Å². The van der Waals surface area contributed by atoms with E-state index in [1.54, 1.807) is 42.5 Å². The lowest BCUT2D eigenvalue weighted by Crippen LogP contribution is -2.01. The third kappa shape index (κ3) is 3.75. The van der Waals surface area contributed by atoms with E-state index < -0.39 is 0 Å².